The van der Waals surface area contributed by atoms with Gasteiger partial charge in [0.15, 0.2) is 0 Å². The molecule has 1 aromatic carbocycles. The van der Waals surface area contributed by atoms with Crippen molar-refractivity contribution < 1.29 is 14.7 Å². The number of aliphatic carboxylic acids is 1. The number of amides is 2. The first-order valence-electron chi connectivity index (χ1n) is 6.85. The number of carbonyl (C=O) groups is 2. The highest BCUT2D eigenvalue weighted by Crippen LogP contribution is 2.28. The Morgan fingerprint density at radius 2 is 2.10 bits per heavy atom. The van der Waals surface area contributed by atoms with E-state index in [0.29, 0.717) is 13.1 Å². The fraction of sp³-hybridized carbons (Fsp3) is 0.467. The molecule has 1 atom stereocenters. The molecule has 1 N–H and O–H groups in total. The van der Waals surface area contributed by atoms with Crippen LogP contribution in [0.15, 0.2) is 24.3 Å². The van der Waals surface area contributed by atoms with Gasteiger partial charge in [0.1, 0.15) is 0 Å². The lowest BCUT2D eigenvalue weighted by Gasteiger charge is -2.35. The molecule has 0 bridgehead atoms. The van der Waals surface area contributed by atoms with Gasteiger partial charge >= 0.3 is 12.0 Å². The third-order valence-electron chi connectivity index (χ3n) is 3.65. The summed E-state index contributed by atoms with van der Waals surface area (Å²) in [5.74, 6) is -1.52. The van der Waals surface area contributed by atoms with E-state index in [9.17, 15) is 14.7 Å². The summed E-state index contributed by atoms with van der Waals surface area (Å²) in [6, 6.07) is 7.35. The number of nitrogens with zero attached hydrogens (tertiary/aromatic N) is 2. The van der Waals surface area contributed by atoms with E-state index in [0.717, 1.165) is 17.5 Å². The number of urea groups is 1. The summed E-state index contributed by atoms with van der Waals surface area (Å²) >= 11 is 0. The van der Waals surface area contributed by atoms with Crippen molar-refractivity contribution in [3.05, 3.63) is 35.4 Å². The minimum Gasteiger partial charge on any atom is -0.481 e. The molecule has 2 rings (SSSR count). The highest BCUT2D eigenvalue weighted by molar-refractivity contribution is 5.80. The third kappa shape index (κ3) is 2.76. The molecule has 5 heteroatoms. The van der Waals surface area contributed by atoms with Gasteiger partial charge in [0.05, 0.1) is 5.92 Å². The van der Waals surface area contributed by atoms with Crippen molar-refractivity contribution in [2.45, 2.75) is 25.8 Å². The van der Waals surface area contributed by atoms with Gasteiger partial charge in [0.2, 0.25) is 0 Å². The number of rotatable bonds is 3. The van der Waals surface area contributed by atoms with Crippen molar-refractivity contribution in [2.24, 2.45) is 0 Å². The number of fused-ring (bicyclic) bond motifs is 1. The average molecular weight is 276 g/mol. The molecule has 0 radical (unpaired) electrons. The molecular formula is C15H20N2O3. The number of hydrogen-bond acceptors (Lipinski definition) is 2. The smallest absolute Gasteiger partial charge is 0.320 e. The minimum atomic E-state index is -0.881. The predicted octanol–water partition coefficient (Wildman–Crippen LogP) is 2.13. The van der Waals surface area contributed by atoms with E-state index >= 15 is 0 Å². The fourth-order valence-corrected chi connectivity index (χ4v) is 2.64. The quantitative estimate of drug-likeness (QED) is 0.920. The van der Waals surface area contributed by atoms with Crippen molar-refractivity contribution in [1.29, 1.82) is 0 Å². The largest absolute Gasteiger partial charge is 0.481 e. The normalized spacial score (nSPS) is 17.5. The molecule has 0 aliphatic carbocycles. The van der Waals surface area contributed by atoms with Crippen LogP contribution in [0.3, 0.4) is 0 Å². The highest BCUT2D eigenvalue weighted by Gasteiger charge is 2.33. The molecule has 1 aliphatic rings. The highest BCUT2D eigenvalue weighted by atomic mass is 16.4. The lowest BCUT2D eigenvalue weighted by molar-refractivity contribution is -0.139. The molecule has 1 aromatic rings. The molecular weight excluding hydrogens is 256 g/mol. The molecule has 0 fully saturated rings. The Hall–Kier alpha value is -2.04. The van der Waals surface area contributed by atoms with Crippen molar-refractivity contribution in [3.8, 4) is 0 Å². The SMILES string of the molecule is CCCN(C)C(=O)N1Cc2ccccc2C(C(=O)O)C1. The van der Waals surface area contributed by atoms with Crippen molar-refractivity contribution in [3.63, 3.8) is 0 Å². The summed E-state index contributed by atoms with van der Waals surface area (Å²) in [6.07, 6.45) is 0.884. The van der Waals surface area contributed by atoms with Gasteiger partial charge in [0.25, 0.3) is 0 Å². The number of carbonyl (C=O) groups excluding carboxylic acids is 1. The Morgan fingerprint density at radius 3 is 2.75 bits per heavy atom. The third-order valence-corrected chi connectivity index (χ3v) is 3.65. The summed E-state index contributed by atoms with van der Waals surface area (Å²) < 4.78 is 0. The zero-order chi connectivity index (χ0) is 14.7. The second-order valence-electron chi connectivity index (χ2n) is 5.17. The first-order chi connectivity index (χ1) is 9.54. The molecule has 1 heterocycles. The van der Waals surface area contributed by atoms with Crippen LogP contribution in [0.5, 0.6) is 0 Å². The van der Waals surface area contributed by atoms with Crippen LogP contribution in [-0.4, -0.2) is 47.0 Å². The van der Waals surface area contributed by atoms with Crippen molar-refractivity contribution in [1.82, 2.24) is 9.80 Å². The number of hydrogen-bond donors (Lipinski definition) is 1. The van der Waals surface area contributed by atoms with E-state index in [1.165, 1.54) is 0 Å². The second-order valence-corrected chi connectivity index (χ2v) is 5.17. The van der Waals surface area contributed by atoms with Gasteiger partial charge in [-0.25, -0.2) is 4.79 Å². The summed E-state index contributed by atoms with van der Waals surface area (Å²) in [5, 5.41) is 9.37. The van der Waals surface area contributed by atoms with Crippen LogP contribution in [0.1, 0.15) is 30.4 Å². The number of carboxylic acid groups (broad SMARTS) is 1. The monoisotopic (exact) mass is 276 g/mol. The lowest BCUT2D eigenvalue weighted by atomic mass is 9.90. The molecule has 1 aliphatic heterocycles. The standard InChI is InChI=1S/C15H20N2O3/c1-3-8-16(2)15(20)17-9-11-6-4-5-7-12(11)13(10-17)14(18)19/h4-7,13H,3,8-10H2,1-2H3,(H,18,19). The summed E-state index contributed by atoms with van der Waals surface area (Å²) in [4.78, 5) is 27.0. The van der Waals surface area contributed by atoms with E-state index in [1.54, 1.807) is 16.8 Å². The number of benzene rings is 1. The van der Waals surface area contributed by atoms with Crippen LogP contribution in [-0.2, 0) is 11.3 Å². The Morgan fingerprint density at radius 1 is 1.40 bits per heavy atom. The van der Waals surface area contributed by atoms with Crippen LogP contribution < -0.4 is 0 Å². The van der Waals surface area contributed by atoms with Gasteiger partial charge in [-0.05, 0) is 17.5 Å². The van der Waals surface area contributed by atoms with E-state index < -0.39 is 11.9 Å². The molecule has 0 saturated carbocycles. The van der Waals surface area contributed by atoms with Crippen molar-refractivity contribution in [2.75, 3.05) is 20.1 Å². The van der Waals surface area contributed by atoms with E-state index in [4.69, 9.17) is 0 Å². The topological polar surface area (TPSA) is 60.9 Å². The van der Waals surface area contributed by atoms with Gasteiger partial charge in [-0.2, -0.15) is 0 Å². The Labute approximate surface area is 118 Å². The first kappa shape index (κ1) is 14.4. The van der Waals surface area contributed by atoms with Crippen LogP contribution in [0.25, 0.3) is 0 Å². The molecule has 2 amide bonds. The van der Waals surface area contributed by atoms with Gasteiger partial charge in [-0.1, -0.05) is 31.2 Å². The van der Waals surface area contributed by atoms with Gasteiger partial charge < -0.3 is 14.9 Å². The predicted molar refractivity (Wildman–Crippen MR) is 75.5 cm³/mol. The van der Waals surface area contributed by atoms with Gasteiger partial charge in [0, 0.05) is 26.7 Å². The van der Waals surface area contributed by atoms with Crippen LogP contribution in [0.2, 0.25) is 0 Å². The lowest BCUT2D eigenvalue weighted by Crippen LogP contribution is -2.46. The fourth-order valence-electron chi connectivity index (χ4n) is 2.64. The average Bonchev–Trinajstić information content (AvgIpc) is 2.45. The maximum absolute atomic E-state index is 12.3. The maximum Gasteiger partial charge on any atom is 0.320 e. The summed E-state index contributed by atoms with van der Waals surface area (Å²) in [7, 11) is 1.75. The Balaban J connectivity index is 2.24. The maximum atomic E-state index is 12.3. The van der Waals surface area contributed by atoms with Gasteiger partial charge in [-0.3, -0.25) is 4.79 Å². The van der Waals surface area contributed by atoms with Crippen LogP contribution >= 0.6 is 0 Å². The van der Waals surface area contributed by atoms with Gasteiger partial charge in [-0.15, -0.1) is 0 Å². The van der Waals surface area contributed by atoms with Crippen LogP contribution in [0, 0.1) is 0 Å². The van der Waals surface area contributed by atoms with Crippen LogP contribution in [0.4, 0.5) is 4.79 Å². The zero-order valence-electron chi connectivity index (χ0n) is 11.9. The number of carboxylic acids is 1. The molecule has 0 spiro atoms. The molecule has 108 valence electrons. The molecule has 0 aromatic heterocycles. The Kier molecular flexibility index (Phi) is 4.27. The molecule has 20 heavy (non-hydrogen) atoms. The van der Waals surface area contributed by atoms with E-state index in [2.05, 4.69) is 0 Å². The minimum absolute atomic E-state index is 0.104. The van der Waals surface area contributed by atoms with E-state index in [1.807, 2.05) is 31.2 Å². The molecule has 1 unspecified atom stereocenters. The first-order valence-corrected chi connectivity index (χ1v) is 6.85. The Bertz CT molecular complexity index is 516. The van der Waals surface area contributed by atoms with Crippen molar-refractivity contribution >= 4 is 12.0 Å². The summed E-state index contributed by atoms with van der Waals surface area (Å²) in [6.45, 7) is 3.40. The molecule has 5 nitrogen and oxygen atoms in total. The zero-order valence-corrected chi connectivity index (χ0v) is 11.9. The summed E-state index contributed by atoms with van der Waals surface area (Å²) in [5.41, 5.74) is 1.74. The van der Waals surface area contributed by atoms with E-state index in [-0.39, 0.29) is 12.6 Å². The molecule has 0 saturated heterocycles. The second kappa shape index (κ2) is 5.94.